The molecule has 1 heterocycles. The number of carbonyl (C=O) groups is 2. The van der Waals surface area contributed by atoms with Crippen molar-refractivity contribution in [1.29, 1.82) is 0 Å². The summed E-state index contributed by atoms with van der Waals surface area (Å²) in [5.74, 6) is -0.102. The van der Waals surface area contributed by atoms with Gasteiger partial charge in [-0.1, -0.05) is 6.42 Å². The molecule has 5 heteroatoms. The number of rotatable bonds is 3. The first-order valence-corrected chi connectivity index (χ1v) is 5.97. The molecule has 0 aromatic carbocycles. The lowest BCUT2D eigenvalue weighted by Crippen LogP contribution is -2.57. The summed E-state index contributed by atoms with van der Waals surface area (Å²) >= 11 is 0. The fraction of sp³-hybridized carbons (Fsp3) is 0.818. The Morgan fingerprint density at radius 3 is 2.75 bits per heavy atom. The molecule has 4 N–H and O–H groups in total. The van der Waals surface area contributed by atoms with Gasteiger partial charge in [0.2, 0.25) is 11.8 Å². The summed E-state index contributed by atoms with van der Waals surface area (Å²) in [7, 11) is 0. The molecule has 0 aromatic rings. The van der Waals surface area contributed by atoms with Crippen LogP contribution in [0.2, 0.25) is 0 Å². The Balaban J connectivity index is 1.93. The second-order valence-electron chi connectivity index (χ2n) is 4.80. The highest BCUT2D eigenvalue weighted by atomic mass is 16.2. The van der Waals surface area contributed by atoms with Gasteiger partial charge in [0.05, 0.1) is 5.41 Å². The number of carbonyl (C=O) groups excluding carboxylic acids is 2. The van der Waals surface area contributed by atoms with E-state index in [4.69, 9.17) is 5.73 Å². The summed E-state index contributed by atoms with van der Waals surface area (Å²) in [6.45, 7) is 1.10. The largest absolute Gasteiger partial charge is 0.354 e. The van der Waals surface area contributed by atoms with Crippen LogP contribution in [0.25, 0.3) is 0 Å². The molecule has 0 radical (unpaired) electrons. The van der Waals surface area contributed by atoms with Gasteiger partial charge in [-0.25, -0.2) is 0 Å². The van der Waals surface area contributed by atoms with E-state index in [2.05, 4.69) is 10.6 Å². The maximum absolute atomic E-state index is 12.0. The lowest BCUT2D eigenvalue weighted by atomic mass is 9.68. The minimum Gasteiger partial charge on any atom is -0.354 e. The predicted molar refractivity (Wildman–Crippen MR) is 59.5 cm³/mol. The van der Waals surface area contributed by atoms with E-state index in [-0.39, 0.29) is 17.9 Å². The number of nitrogens with one attached hydrogen (secondary N) is 2. The molecule has 16 heavy (non-hydrogen) atoms. The Bertz CT molecular complexity index is 294. The van der Waals surface area contributed by atoms with E-state index < -0.39 is 5.41 Å². The van der Waals surface area contributed by atoms with Gasteiger partial charge in [-0.3, -0.25) is 9.59 Å². The molecule has 0 bridgehead atoms. The van der Waals surface area contributed by atoms with Crippen LogP contribution >= 0.6 is 0 Å². The predicted octanol–water partition coefficient (Wildman–Crippen LogP) is -0.490. The van der Waals surface area contributed by atoms with E-state index in [0.717, 1.165) is 32.1 Å². The van der Waals surface area contributed by atoms with Crippen molar-refractivity contribution < 1.29 is 9.59 Å². The average molecular weight is 225 g/mol. The van der Waals surface area contributed by atoms with Crippen molar-refractivity contribution in [3.05, 3.63) is 0 Å². The van der Waals surface area contributed by atoms with Gasteiger partial charge in [0.1, 0.15) is 6.04 Å². The Morgan fingerprint density at radius 1 is 1.50 bits per heavy atom. The average Bonchev–Trinajstić information content (AvgIpc) is 2.21. The highest BCUT2D eigenvalue weighted by Gasteiger charge is 2.44. The number of hydrogen-bond acceptors (Lipinski definition) is 3. The van der Waals surface area contributed by atoms with Crippen LogP contribution in [0.15, 0.2) is 0 Å². The van der Waals surface area contributed by atoms with Crippen LogP contribution in [-0.2, 0) is 9.59 Å². The molecule has 1 unspecified atom stereocenters. The summed E-state index contributed by atoms with van der Waals surface area (Å²) in [4.78, 5) is 23.5. The molecule has 2 fully saturated rings. The minimum atomic E-state index is -0.391. The summed E-state index contributed by atoms with van der Waals surface area (Å²) < 4.78 is 0. The van der Waals surface area contributed by atoms with E-state index in [1.807, 2.05) is 0 Å². The van der Waals surface area contributed by atoms with Gasteiger partial charge in [0.15, 0.2) is 0 Å². The molecule has 0 spiro atoms. The van der Waals surface area contributed by atoms with Gasteiger partial charge >= 0.3 is 0 Å². The fourth-order valence-electron chi connectivity index (χ4n) is 2.35. The van der Waals surface area contributed by atoms with Crippen LogP contribution < -0.4 is 16.4 Å². The van der Waals surface area contributed by atoms with Crippen molar-refractivity contribution >= 4 is 11.8 Å². The highest BCUT2D eigenvalue weighted by Crippen LogP contribution is 2.40. The molecule has 2 rings (SSSR count). The summed E-state index contributed by atoms with van der Waals surface area (Å²) in [6, 6.07) is -0.356. The molecule has 0 aromatic heterocycles. The zero-order valence-electron chi connectivity index (χ0n) is 9.42. The van der Waals surface area contributed by atoms with Crippen LogP contribution in [0.3, 0.4) is 0 Å². The maximum Gasteiger partial charge on any atom is 0.242 e. The number of hydrogen-bond donors (Lipinski definition) is 3. The number of piperidine rings is 1. The fourth-order valence-corrected chi connectivity index (χ4v) is 2.35. The van der Waals surface area contributed by atoms with Gasteiger partial charge in [-0.2, -0.15) is 0 Å². The minimum absolute atomic E-state index is 0.0386. The molecule has 2 amide bonds. The lowest BCUT2D eigenvalue weighted by Gasteiger charge is -2.40. The van der Waals surface area contributed by atoms with E-state index >= 15 is 0 Å². The van der Waals surface area contributed by atoms with Crippen LogP contribution in [0.1, 0.15) is 32.1 Å². The molecule has 5 nitrogen and oxygen atoms in total. The topological polar surface area (TPSA) is 84.2 Å². The van der Waals surface area contributed by atoms with Gasteiger partial charge in [-0.05, 0) is 25.7 Å². The van der Waals surface area contributed by atoms with E-state index in [1.54, 1.807) is 0 Å². The Labute approximate surface area is 95.1 Å². The van der Waals surface area contributed by atoms with Crippen molar-refractivity contribution in [2.75, 3.05) is 13.1 Å². The van der Waals surface area contributed by atoms with Crippen molar-refractivity contribution in [2.24, 2.45) is 11.1 Å². The highest BCUT2D eigenvalue weighted by molar-refractivity contribution is 5.91. The first kappa shape index (κ1) is 11.4. The second-order valence-corrected chi connectivity index (χ2v) is 4.80. The molecular formula is C11H19N3O2. The monoisotopic (exact) mass is 225 g/mol. The third-order valence-corrected chi connectivity index (χ3v) is 3.77. The SMILES string of the molecule is NCC1(C(=O)NC2CCCNC2=O)CCC1. The first-order valence-electron chi connectivity index (χ1n) is 5.97. The molecule has 90 valence electrons. The number of amides is 2. The summed E-state index contributed by atoms with van der Waals surface area (Å²) in [5, 5.41) is 5.59. The van der Waals surface area contributed by atoms with Crippen molar-refractivity contribution in [1.82, 2.24) is 10.6 Å². The smallest absolute Gasteiger partial charge is 0.242 e. The van der Waals surface area contributed by atoms with Crippen molar-refractivity contribution in [3.8, 4) is 0 Å². The zero-order chi connectivity index (χ0) is 11.6. The van der Waals surface area contributed by atoms with Crippen molar-refractivity contribution in [2.45, 2.75) is 38.1 Å². The molecule has 2 aliphatic rings. The van der Waals surface area contributed by atoms with E-state index in [9.17, 15) is 9.59 Å². The summed E-state index contributed by atoms with van der Waals surface area (Å²) in [6.07, 6.45) is 4.42. The standard InChI is InChI=1S/C11H19N3O2/c12-7-11(4-2-5-11)10(16)14-8-3-1-6-13-9(8)15/h8H,1-7,12H2,(H,13,15)(H,14,16). The third-order valence-electron chi connectivity index (χ3n) is 3.77. The molecule has 1 aliphatic heterocycles. The molecular weight excluding hydrogens is 206 g/mol. The van der Waals surface area contributed by atoms with Gasteiger partial charge < -0.3 is 16.4 Å². The summed E-state index contributed by atoms with van der Waals surface area (Å²) in [5.41, 5.74) is 5.26. The normalized spacial score (nSPS) is 27.8. The third kappa shape index (κ3) is 1.91. The van der Waals surface area contributed by atoms with E-state index in [0.29, 0.717) is 13.1 Å². The molecule has 1 aliphatic carbocycles. The number of nitrogens with two attached hydrogens (primary N) is 1. The quantitative estimate of drug-likeness (QED) is 0.606. The first-order chi connectivity index (χ1) is 7.68. The maximum atomic E-state index is 12.0. The van der Waals surface area contributed by atoms with Crippen LogP contribution in [0.4, 0.5) is 0 Å². The lowest BCUT2D eigenvalue weighted by molar-refractivity contribution is -0.139. The molecule has 1 atom stereocenters. The van der Waals surface area contributed by atoms with Crippen molar-refractivity contribution in [3.63, 3.8) is 0 Å². The molecule has 1 saturated heterocycles. The van der Waals surface area contributed by atoms with Gasteiger partial charge in [0, 0.05) is 13.1 Å². The van der Waals surface area contributed by atoms with E-state index in [1.165, 1.54) is 0 Å². The second kappa shape index (κ2) is 4.41. The van der Waals surface area contributed by atoms with Crippen LogP contribution in [-0.4, -0.2) is 30.9 Å². The van der Waals surface area contributed by atoms with Crippen LogP contribution in [0.5, 0.6) is 0 Å². The zero-order valence-corrected chi connectivity index (χ0v) is 9.42. The molecule has 1 saturated carbocycles. The Hall–Kier alpha value is -1.10. The Morgan fingerprint density at radius 2 is 2.25 bits per heavy atom. The van der Waals surface area contributed by atoms with Crippen LogP contribution in [0, 0.1) is 5.41 Å². The van der Waals surface area contributed by atoms with Gasteiger partial charge in [-0.15, -0.1) is 0 Å². The van der Waals surface area contributed by atoms with Gasteiger partial charge in [0.25, 0.3) is 0 Å². The Kier molecular flexibility index (Phi) is 3.14.